The number of aryl methyl sites for hydroxylation is 1. The molecule has 17 heavy (non-hydrogen) atoms. The second-order valence-corrected chi connectivity index (χ2v) is 4.59. The van der Waals surface area contributed by atoms with E-state index in [1.165, 1.54) is 12.8 Å². The van der Waals surface area contributed by atoms with Crippen molar-refractivity contribution in [3.05, 3.63) is 12.2 Å². The van der Waals surface area contributed by atoms with E-state index < -0.39 is 0 Å². The first kappa shape index (κ1) is 12.5. The Labute approximate surface area is 103 Å². The molecule has 0 radical (unpaired) electrons. The molecule has 1 saturated carbocycles. The molecule has 96 valence electrons. The van der Waals surface area contributed by atoms with Gasteiger partial charge in [0.2, 0.25) is 0 Å². The molecule has 1 aliphatic rings. The van der Waals surface area contributed by atoms with Crippen molar-refractivity contribution >= 4 is 0 Å². The molecule has 0 saturated heterocycles. The largest absolute Gasteiger partial charge is 0.380 e. The normalized spacial score (nSPS) is 15.4. The van der Waals surface area contributed by atoms with Crippen LogP contribution in [0.1, 0.15) is 32.0 Å². The van der Waals surface area contributed by atoms with Gasteiger partial charge in [-0.1, -0.05) is 6.92 Å². The molecule has 0 amide bonds. The maximum atomic E-state index is 5.55. The van der Waals surface area contributed by atoms with Crippen LogP contribution in [0.4, 0.5) is 0 Å². The van der Waals surface area contributed by atoms with Gasteiger partial charge in [-0.05, 0) is 25.2 Å². The maximum Gasteiger partial charge on any atom is 0.140 e. The molecule has 0 unspecified atom stereocenters. The van der Waals surface area contributed by atoms with Gasteiger partial charge in [0.15, 0.2) is 0 Å². The standard InChI is InChI=1S/C12H22N4O/c1-2-6-16-12(14-10-15-16)8-13-5-7-17-9-11-3-4-11/h10-11,13H,2-9H2,1H3. The molecule has 0 atom stereocenters. The Morgan fingerprint density at radius 2 is 2.41 bits per heavy atom. The fourth-order valence-electron chi connectivity index (χ4n) is 1.70. The summed E-state index contributed by atoms with van der Waals surface area (Å²) in [5, 5.41) is 7.52. The zero-order chi connectivity index (χ0) is 11.9. The first-order chi connectivity index (χ1) is 8.40. The Balaban J connectivity index is 1.55. The van der Waals surface area contributed by atoms with Crippen molar-refractivity contribution in [2.24, 2.45) is 5.92 Å². The van der Waals surface area contributed by atoms with E-state index in [0.717, 1.165) is 51.0 Å². The second kappa shape index (κ2) is 6.71. The predicted molar refractivity (Wildman–Crippen MR) is 65.6 cm³/mol. The third-order valence-electron chi connectivity index (χ3n) is 2.89. The van der Waals surface area contributed by atoms with Crippen LogP contribution in [0, 0.1) is 5.92 Å². The van der Waals surface area contributed by atoms with Crippen LogP contribution < -0.4 is 5.32 Å². The molecule has 0 spiro atoms. The molecule has 2 rings (SSSR count). The number of hydrogen-bond donors (Lipinski definition) is 1. The Hall–Kier alpha value is -0.940. The van der Waals surface area contributed by atoms with Crippen LogP contribution in [0.3, 0.4) is 0 Å². The summed E-state index contributed by atoms with van der Waals surface area (Å²) in [6.45, 7) is 6.46. The average molecular weight is 238 g/mol. The number of hydrogen-bond acceptors (Lipinski definition) is 4. The highest BCUT2D eigenvalue weighted by atomic mass is 16.5. The molecular formula is C12H22N4O. The van der Waals surface area contributed by atoms with Crippen LogP contribution >= 0.6 is 0 Å². The van der Waals surface area contributed by atoms with Crippen molar-refractivity contribution in [2.75, 3.05) is 19.8 Å². The molecule has 1 aromatic rings. The Morgan fingerprint density at radius 3 is 3.18 bits per heavy atom. The minimum absolute atomic E-state index is 0.771. The average Bonchev–Trinajstić information content (AvgIpc) is 3.05. The summed E-state index contributed by atoms with van der Waals surface area (Å²) in [5.41, 5.74) is 0. The summed E-state index contributed by atoms with van der Waals surface area (Å²) in [6.07, 6.45) is 5.41. The molecule has 1 N–H and O–H groups in total. The molecular weight excluding hydrogens is 216 g/mol. The van der Waals surface area contributed by atoms with Gasteiger partial charge in [0, 0.05) is 19.7 Å². The summed E-state index contributed by atoms with van der Waals surface area (Å²) in [6, 6.07) is 0. The van der Waals surface area contributed by atoms with Gasteiger partial charge in [-0.3, -0.25) is 0 Å². The van der Waals surface area contributed by atoms with Crippen LogP contribution in [-0.4, -0.2) is 34.5 Å². The van der Waals surface area contributed by atoms with Gasteiger partial charge in [0.25, 0.3) is 0 Å². The van der Waals surface area contributed by atoms with E-state index in [2.05, 4.69) is 22.3 Å². The van der Waals surface area contributed by atoms with Gasteiger partial charge < -0.3 is 10.1 Å². The summed E-state index contributed by atoms with van der Waals surface area (Å²) in [5.74, 6) is 1.86. The van der Waals surface area contributed by atoms with Crippen molar-refractivity contribution in [3.63, 3.8) is 0 Å². The topological polar surface area (TPSA) is 52.0 Å². The summed E-state index contributed by atoms with van der Waals surface area (Å²) in [7, 11) is 0. The van der Waals surface area contributed by atoms with Gasteiger partial charge in [-0.2, -0.15) is 5.10 Å². The fraction of sp³-hybridized carbons (Fsp3) is 0.833. The quantitative estimate of drug-likeness (QED) is 0.657. The SMILES string of the molecule is CCCn1ncnc1CNCCOCC1CC1. The van der Waals surface area contributed by atoms with E-state index in [-0.39, 0.29) is 0 Å². The number of ether oxygens (including phenoxy) is 1. The van der Waals surface area contributed by atoms with E-state index in [1.807, 2.05) is 4.68 Å². The Kier molecular flexibility index (Phi) is 4.94. The predicted octanol–water partition coefficient (Wildman–Crippen LogP) is 1.20. The fourth-order valence-corrected chi connectivity index (χ4v) is 1.70. The highest BCUT2D eigenvalue weighted by Gasteiger charge is 2.20. The number of aromatic nitrogens is 3. The molecule has 1 aliphatic carbocycles. The Bertz CT molecular complexity index is 322. The van der Waals surface area contributed by atoms with Gasteiger partial charge in [-0.25, -0.2) is 9.67 Å². The van der Waals surface area contributed by atoms with Crippen LogP contribution in [0.2, 0.25) is 0 Å². The van der Waals surface area contributed by atoms with Crippen LogP contribution in [0.15, 0.2) is 6.33 Å². The van der Waals surface area contributed by atoms with Gasteiger partial charge in [-0.15, -0.1) is 0 Å². The third-order valence-corrected chi connectivity index (χ3v) is 2.89. The van der Waals surface area contributed by atoms with Crippen molar-refractivity contribution in [1.82, 2.24) is 20.1 Å². The van der Waals surface area contributed by atoms with Crippen molar-refractivity contribution in [3.8, 4) is 0 Å². The number of nitrogens with one attached hydrogen (secondary N) is 1. The highest BCUT2D eigenvalue weighted by molar-refractivity contribution is 4.83. The Morgan fingerprint density at radius 1 is 1.53 bits per heavy atom. The molecule has 1 aromatic heterocycles. The molecule has 1 fully saturated rings. The molecule has 5 nitrogen and oxygen atoms in total. The number of nitrogens with zero attached hydrogens (tertiary/aromatic N) is 3. The molecule has 0 aromatic carbocycles. The summed E-state index contributed by atoms with van der Waals surface area (Å²) < 4.78 is 7.51. The minimum Gasteiger partial charge on any atom is -0.380 e. The van der Waals surface area contributed by atoms with Crippen LogP contribution in [0.5, 0.6) is 0 Å². The monoisotopic (exact) mass is 238 g/mol. The van der Waals surface area contributed by atoms with E-state index >= 15 is 0 Å². The van der Waals surface area contributed by atoms with Crippen LogP contribution in [-0.2, 0) is 17.8 Å². The van der Waals surface area contributed by atoms with E-state index in [9.17, 15) is 0 Å². The van der Waals surface area contributed by atoms with Crippen molar-refractivity contribution in [1.29, 1.82) is 0 Å². The summed E-state index contributed by atoms with van der Waals surface area (Å²) >= 11 is 0. The van der Waals surface area contributed by atoms with Crippen molar-refractivity contribution < 1.29 is 4.74 Å². The molecule has 5 heteroatoms. The third kappa shape index (κ3) is 4.44. The zero-order valence-electron chi connectivity index (χ0n) is 10.6. The lowest BCUT2D eigenvalue weighted by molar-refractivity contribution is 0.126. The zero-order valence-corrected chi connectivity index (χ0v) is 10.6. The van der Waals surface area contributed by atoms with E-state index in [0.29, 0.717) is 0 Å². The minimum atomic E-state index is 0.771. The smallest absolute Gasteiger partial charge is 0.140 e. The lowest BCUT2D eigenvalue weighted by Crippen LogP contribution is -2.22. The lowest BCUT2D eigenvalue weighted by atomic mass is 10.4. The van der Waals surface area contributed by atoms with E-state index in [1.54, 1.807) is 6.33 Å². The van der Waals surface area contributed by atoms with Gasteiger partial charge in [0.1, 0.15) is 12.2 Å². The van der Waals surface area contributed by atoms with Gasteiger partial charge >= 0.3 is 0 Å². The lowest BCUT2D eigenvalue weighted by Gasteiger charge is -2.06. The van der Waals surface area contributed by atoms with Gasteiger partial charge in [0.05, 0.1) is 13.2 Å². The maximum absolute atomic E-state index is 5.55. The van der Waals surface area contributed by atoms with Crippen LogP contribution in [0.25, 0.3) is 0 Å². The number of rotatable bonds is 9. The second-order valence-electron chi connectivity index (χ2n) is 4.59. The highest BCUT2D eigenvalue weighted by Crippen LogP contribution is 2.28. The molecule has 0 aliphatic heterocycles. The summed E-state index contributed by atoms with van der Waals surface area (Å²) in [4.78, 5) is 4.24. The van der Waals surface area contributed by atoms with E-state index in [4.69, 9.17) is 4.74 Å². The first-order valence-electron chi connectivity index (χ1n) is 6.55. The first-order valence-corrected chi connectivity index (χ1v) is 6.55. The van der Waals surface area contributed by atoms with Crippen molar-refractivity contribution in [2.45, 2.75) is 39.3 Å². The molecule has 1 heterocycles. The molecule has 0 bridgehead atoms.